The molecule has 0 radical (unpaired) electrons. The van der Waals surface area contributed by atoms with E-state index in [-0.39, 0.29) is 11.9 Å². The molecule has 1 heterocycles. The molecule has 0 N–H and O–H groups in total. The van der Waals surface area contributed by atoms with Gasteiger partial charge in [0.25, 0.3) is 6.10 Å². The second-order valence-corrected chi connectivity index (χ2v) is 6.77. The number of alkyl halides is 6. The minimum atomic E-state index is -5.66. The van der Waals surface area contributed by atoms with E-state index in [4.69, 9.17) is 0 Å². The van der Waals surface area contributed by atoms with Crippen LogP contribution in [0.15, 0.2) is 0 Å². The van der Waals surface area contributed by atoms with E-state index in [1.54, 1.807) is 9.80 Å². The fourth-order valence-electron chi connectivity index (χ4n) is 2.80. The Balaban J connectivity index is 3.48. The van der Waals surface area contributed by atoms with Crippen molar-refractivity contribution in [2.24, 2.45) is 0 Å². The van der Waals surface area contributed by atoms with Crippen LogP contribution in [0, 0.1) is 0 Å². The quantitative estimate of drug-likeness (QED) is 0.422. The number of hydrogen-bond donors (Lipinski definition) is 0. The summed E-state index contributed by atoms with van der Waals surface area (Å²) in [5.41, 5.74) is 0. The topological polar surface area (TPSA) is 54.4 Å². The van der Waals surface area contributed by atoms with Crippen LogP contribution in [-0.4, -0.2) is 59.6 Å². The van der Waals surface area contributed by atoms with Gasteiger partial charge in [-0.2, -0.15) is 41.3 Å². The third kappa shape index (κ3) is 7.67. The van der Waals surface area contributed by atoms with E-state index in [1.807, 2.05) is 27.7 Å². The Kier molecular flexibility index (Phi) is 9.89. The van der Waals surface area contributed by atoms with Gasteiger partial charge >= 0.3 is 18.4 Å². The zero-order valence-corrected chi connectivity index (χ0v) is 17.6. The largest absolute Gasteiger partial charge is 0.440 e. The zero-order valence-electron chi connectivity index (χ0n) is 17.6. The predicted octanol–water partition coefficient (Wildman–Crippen LogP) is 5.00. The molecule has 0 amide bonds. The van der Waals surface area contributed by atoms with Crippen LogP contribution < -0.4 is 14.5 Å². The van der Waals surface area contributed by atoms with E-state index in [1.165, 1.54) is 0 Å². The molecular formula is C18H29F6N5O. The molecule has 0 fully saturated rings. The standard InChI is InChI=1S/C18H29F6N5O/c1-5-9-28(10-6-2)14-25-15(29(11-7-3)12-8-4)27-16(26-14)30-13(17(19,20)21)18(22,23)24/h13H,5-12H2,1-4H3. The number of ether oxygens (including phenoxy) is 1. The Hall–Kier alpha value is -2.01. The molecule has 0 aliphatic heterocycles. The van der Waals surface area contributed by atoms with E-state index < -0.39 is 24.5 Å². The highest BCUT2D eigenvalue weighted by atomic mass is 19.4. The van der Waals surface area contributed by atoms with Gasteiger partial charge in [-0.1, -0.05) is 27.7 Å². The molecule has 0 bridgehead atoms. The molecule has 0 saturated carbocycles. The lowest BCUT2D eigenvalue weighted by Gasteiger charge is -2.27. The molecule has 1 rings (SSSR count). The van der Waals surface area contributed by atoms with Crippen molar-refractivity contribution < 1.29 is 31.1 Å². The first-order valence-electron chi connectivity index (χ1n) is 10.0. The Morgan fingerprint density at radius 1 is 0.667 bits per heavy atom. The van der Waals surface area contributed by atoms with Gasteiger partial charge in [-0.3, -0.25) is 0 Å². The van der Waals surface area contributed by atoms with Gasteiger partial charge in [0, 0.05) is 26.2 Å². The van der Waals surface area contributed by atoms with Gasteiger partial charge in [0.15, 0.2) is 0 Å². The number of rotatable bonds is 12. The molecule has 6 nitrogen and oxygen atoms in total. The summed E-state index contributed by atoms with van der Waals surface area (Å²) in [6, 6.07) is -0.996. The first-order chi connectivity index (χ1) is 14.0. The molecule has 0 aliphatic carbocycles. The van der Waals surface area contributed by atoms with Crippen LogP contribution in [0.3, 0.4) is 0 Å². The van der Waals surface area contributed by atoms with Gasteiger partial charge in [-0.25, -0.2) is 0 Å². The van der Waals surface area contributed by atoms with Crippen molar-refractivity contribution >= 4 is 11.9 Å². The lowest BCUT2D eigenvalue weighted by Crippen LogP contribution is -2.47. The van der Waals surface area contributed by atoms with Crippen molar-refractivity contribution in [2.75, 3.05) is 36.0 Å². The summed E-state index contributed by atoms with van der Waals surface area (Å²) < 4.78 is 82.1. The summed E-state index contributed by atoms with van der Waals surface area (Å²) in [6.45, 7) is 9.52. The molecule has 0 atom stereocenters. The third-order valence-corrected chi connectivity index (χ3v) is 3.95. The van der Waals surface area contributed by atoms with Gasteiger partial charge in [-0.15, -0.1) is 0 Å². The monoisotopic (exact) mass is 445 g/mol. The van der Waals surface area contributed by atoms with Gasteiger partial charge in [0.1, 0.15) is 0 Å². The highest BCUT2D eigenvalue weighted by molar-refractivity contribution is 5.40. The smallest absolute Gasteiger partial charge is 0.434 e. The maximum atomic E-state index is 13.0. The van der Waals surface area contributed by atoms with Crippen LogP contribution in [0.1, 0.15) is 53.4 Å². The van der Waals surface area contributed by atoms with Crippen LogP contribution in [0.25, 0.3) is 0 Å². The average molecular weight is 445 g/mol. The molecule has 0 unspecified atom stereocenters. The molecule has 0 aliphatic rings. The molecular weight excluding hydrogens is 416 g/mol. The fraction of sp³-hybridized carbons (Fsp3) is 0.833. The molecule has 0 aromatic carbocycles. The lowest BCUT2D eigenvalue weighted by molar-refractivity contribution is -0.301. The van der Waals surface area contributed by atoms with Crippen LogP contribution >= 0.6 is 0 Å². The Bertz CT molecular complexity index is 580. The molecule has 30 heavy (non-hydrogen) atoms. The zero-order chi connectivity index (χ0) is 22.9. The first-order valence-corrected chi connectivity index (χ1v) is 10.0. The van der Waals surface area contributed by atoms with Crippen molar-refractivity contribution in [3.8, 4) is 6.01 Å². The number of nitrogens with zero attached hydrogens (tertiary/aromatic N) is 5. The van der Waals surface area contributed by atoms with E-state index in [9.17, 15) is 26.3 Å². The summed E-state index contributed by atoms with van der Waals surface area (Å²) in [5.74, 6) is -0.00184. The fourth-order valence-corrected chi connectivity index (χ4v) is 2.80. The number of hydrogen-bond acceptors (Lipinski definition) is 6. The Morgan fingerprint density at radius 3 is 1.27 bits per heavy atom. The molecule has 0 spiro atoms. The first kappa shape index (κ1) is 26.0. The summed E-state index contributed by atoms with van der Waals surface area (Å²) in [7, 11) is 0. The van der Waals surface area contributed by atoms with Crippen LogP contribution in [-0.2, 0) is 0 Å². The molecule has 0 saturated heterocycles. The van der Waals surface area contributed by atoms with Gasteiger partial charge in [-0.05, 0) is 25.7 Å². The Labute approximate surface area is 172 Å². The number of aromatic nitrogens is 3. The van der Waals surface area contributed by atoms with Crippen molar-refractivity contribution in [3.05, 3.63) is 0 Å². The molecule has 1 aromatic heterocycles. The van der Waals surface area contributed by atoms with Crippen molar-refractivity contribution in [2.45, 2.75) is 71.8 Å². The van der Waals surface area contributed by atoms with Crippen LogP contribution in [0.5, 0.6) is 6.01 Å². The minimum absolute atomic E-state index is 0.000921. The minimum Gasteiger partial charge on any atom is -0.440 e. The SMILES string of the molecule is CCCN(CCC)c1nc(OC(C(F)(F)F)C(F)(F)F)nc(N(CCC)CCC)n1. The average Bonchev–Trinajstić information content (AvgIpc) is 2.64. The number of anilines is 2. The second kappa shape index (κ2) is 11.4. The second-order valence-electron chi connectivity index (χ2n) is 6.77. The van der Waals surface area contributed by atoms with Crippen molar-refractivity contribution in [3.63, 3.8) is 0 Å². The van der Waals surface area contributed by atoms with E-state index in [0.717, 1.165) is 0 Å². The third-order valence-electron chi connectivity index (χ3n) is 3.95. The number of halogens is 6. The van der Waals surface area contributed by atoms with Crippen LogP contribution in [0.2, 0.25) is 0 Å². The van der Waals surface area contributed by atoms with Crippen LogP contribution in [0.4, 0.5) is 38.2 Å². The van der Waals surface area contributed by atoms with Gasteiger partial charge in [0.05, 0.1) is 0 Å². The lowest BCUT2D eigenvalue weighted by atomic mass is 10.3. The van der Waals surface area contributed by atoms with E-state index >= 15 is 0 Å². The molecule has 12 heteroatoms. The highest BCUT2D eigenvalue weighted by Gasteiger charge is 2.59. The van der Waals surface area contributed by atoms with E-state index in [2.05, 4.69) is 19.7 Å². The predicted molar refractivity (Wildman–Crippen MR) is 102 cm³/mol. The van der Waals surface area contributed by atoms with Crippen molar-refractivity contribution in [1.29, 1.82) is 0 Å². The van der Waals surface area contributed by atoms with E-state index in [0.29, 0.717) is 51.9 Å². The summed E-state index contributed by atoms with van der Waals surface area (Å²) >= 11 is 0. The maximum Gasteiger partial charge on any atom is 0.434 e. The molecule has 1 aromatic rings. The van der Waals surface area contributed by atoms with Gasteiger partial charge in [0.2, 0.25) is 11.9 Å². The Morgan fingerprint density at radius 2 is 1.00 bits per heavy atom. The summed E-state index contributed by atoms with van der Waals surface area (Å²) in [6.07, 6.45) is -12.6. The summed E-state index contributed by atoms with van der Waals surface area (Å²) in [5, 5.41) is 0. The van der Waals surface area contributed by atoms with Crippen molar-refractivity contribution in [1.82, 2.24) is 15.0 Å². The molecule has 174 valence electrons. The summed E-state index contributed by atoms with van der Waals surface area (Å²) in [4.78, 5) is 15.3. The maximum absolute atomic E-state index is 13.0. The highest BCUT2D eigenvalue weighted by Crippen LogP contribution is 2.36. The van der Waals surface area contributed by atoms with Gasteiger partial charge < -0.3 is 14.5 Å². The normalized spacial score (nSPS) is 12.4.